The van der Waals surface area contributed by atoms with Crippen molar-refractivity contribution in [3.63, 3.8) is 0 Å². The Morgan fingerprint density at radius 3 is 2.32 bits per heavy atom. The molecule has 0 aromatic heterocycles. The number of carbonyl (C=O) groups excluding carboxylic acids is 2. The van der Waals surface area contributed by atoms with Crippen molar-refractivity contribution >= 4 is 11.8 Å². The van der Waals surface area contributed by atoms with Crippen LogP contribution >= 0.6 is 0 Å². The quantitative estimate of drug-likeness (QED) is 0.857. The molecule has 146 valence electrons. The lowest BCUT2D eigenvalue weighted by Gasteiger charge is -2.25. The lowest BCUT2D eigenvalue weighted by molar-refractivity contribution is -0.130. The molecule has 4 rings (SSSR count). The number of nitrogens with zero attached hydrogens (tertiary/aromatic N) is 1. The zero-order valence-corrected chi connectivity index (χ0v) is 15.8. The summed E-state index contributed by atoms with van der Waals surface area (Å²) in [7, 11) is 0. The van der Waals surface area contributed by atoms with Gasteiger partial charge in [-0.05, 0) is 36.1 Å². The zero-order chi connectivity index (χ0) is 19.5. The first-order valence-corrected chi connectivity index (χ1v) is 10.0. The van der Waals surface area contributed by atoms with Gasteiger partial charge in [0.1, 0.15) is 5.82 Å². The minimum absolute atomic E-state index is 0.0880. The zero-order valence-electron chi connectivity index (χ0n) is 15.8. The molecule has 0 bridgehead atoms. The van der Waals surface area contributed by atoms with Crippen LogP contribution in [0, 0.1) is 11.7 Å². The normalized spacial score (nSPS) is 21.1. The highest BCUT2D eigenvalue weighted by atomic mass is 19.1. The van der Waals surface area contributed by atoms with Crippen molar-refractivity contribution in [2.45, 2.75) is 44.2 Å². The number of rotatable bonds is 5. The van der Waals surface area contributed by atoms with Crippen LogP contribution in [0.2, 0.25) is 0 Å². The van der Waals surface area contributed by atoms with E-state index in [-0.39, 0.29) is 36.0 Å². The standard InChI is InChI=1S/C23H25FN2O2/c24-19-12-10-17(11-13-19)22(16-6-2-1-3-7-16)25-23(28)18-14-21(27)26(15-18)20-8-4-5-9-20/h1-3,6-7,10-13,18,20,22H,4-5,8-9,14-15H2,(H,25,28). The van der Waals surface area contributed by atoms with Crippen molar-refractivity contribution < 1.29 is 14.0 Å². The summed E-state index contributed by atoms with van der Waals surface area (Å²) in [6, 6.07) is 15.8. The molecule has 2 fully saturated rings. The topological polar surface area (TPSA) is 49.4 Å². The fraction of sp³-hybridized carbons (Fsp3) is 0.391. The van der Waals surface area contributed by atoms with Crippen LogP contribution in [0.25, 0.3) is 0 Å². The molecule has 28 heavy (non-hydrogen) atoms. The van der Waals surface area contributed by atoms with E-state index in [1.807, 2.05) is 35.2 Å². The highest BCUT2D eigenvalue weighted by molar-refractivity contribution is 5.89. The molecule has 2 aromatic carbocycles. The molecule has 2 unspecified atom stereocenters. The third-order valence-corrected chi connectivity index (χ3v) is 5.92. The Hall–Kier alpha value is -2.69. The van der Waals surface area contributed by atoms with Crippen LogP contribution in [0.4, 0.5) is 4.39 Å². The van der Waals surface area contributed by atoms with Gasteiger partial charge in [-0.25, -0.2) is 4.39 Å². The summed E-state index contributed by atoms with van der Waals surface area (Å²) in [5.41, 5.74) is 1.75. The molecule has 0 spiro atoms. The minimum Gasteiger partial charge on any atom is -0.345 e. The van der Waals surface area contributed by atoms with Gasteiger partial charge < -0.3 is 10.2 Å². The van der Waals surface area contributed by atoms with Gasteiger partial charge >= 0.3 is 0 Å². The fourth-order valence-electron chi connectivity index (χ4n) is 4.40. The van der Waals surface area contributed by atoms with E-state index in [9.17, 15) is 14.0 Å². The Bertz CT molecular complexity index is 831. The Balaban J connectivity index is 1.51. The largest absolute Gasteiger partial charge is 0.345 e. The van der Waals surface area contributed by atoms with Gasteiger partial charge in [0.25, 0.3) is 0 Å². The monoisotopic (exact) mass is 380 g/mol. The number of amides is 2. The van der Waals surface area contributed by atoms with Crippen LogP contribution in [-0.2, 0) is 9.59 Å². The fourth-order valence-corrected chi connectivity index (χ4v) is 4.40. The lowest BCUT2D eigenvalue weighted by atomic mass is 9.97. The van der Waals surface area contributed by atoms with E-state index >= 15 is 0 Å². The predicted molar refractivity (Wildman–Crippen MR) is 105 cm³/mol. The second-order valence-corrected chi connectivity index (χ2v) is 7.79. The van der Waals surface area contributed by atoms with Crippen LogP contribution in [0.3, 0.4) is 0 Å². The number of carbonyl (C=O) groups is 2. The van der Waals surface area contributed by atoms with Gasteiger partial charge in [-0.15, -0.1) is 0 Å². The van der Waals surface area contributed by atoms with E-state index in [1.54, 1.807) is 12.1 Å². The Labute approximate surface area is 164 Å². The van der Waals surface area contributed by atoms with Gasteiger partial charge in [0, 0.05) is 19.0 Å². The molecule has 1 saturated carbocycles. The molecule has 1 heterocycles. The van der Waals surface area contributed by atoms with E-state index in [0.29, 0.717) is 12.6 Å². The number of nitrogens with one attached hydrogen (secondary N) is 1. The number of likely N-dealkylation sites (tertiary alicyclic amines) is 1. The maximum Gasteiger partial charge on any atom is 0.226 e. The average molecular weight is 380 g/mol. The summed E-state index contributed by atoms with van der Waals surface area (Å²) in [6.07, 6.45) is 4.68. The van der Waals surface area contributed by atoms with E-state index in [4.69, 9.17) is 0 Å². The summed E-state index contributed by atoms with van der Waals surface area (Å²) in [4.78, 5) is 27.4. The molecule has 4 nitrogen and oxygen atoms in total. The van der Waals surface area contributed by atoms with Gasteiger partial charge in [0.15, 0.2) is 0 Å². The van der Waals surface area contributed by atoms with E-state index in [1.165, 1.54) is 12.1 Å². The summed E-state index contributed by atoms with van der Waals surface area (Å²) >= 11 is 0. The third kappa shape index (κ3) is 3.93. The average Bonchev–Trinajstić information content (AvgIpc) is 3.37. The maximum absolute atomic E-state index is 13.4. The smallest absolute Gasteiger partial charge is 0.226 e. The molecule has 1 N–H and O–H groups in total. The molecule has 2 aromatic rings. The molecular formula is C23H25FN2O2. The molecule has 1 saturated heterocycles. The number of hydrogen-bond donors (Lipinski definition) is 1. The maximum atomic E-state index is 13.4. The van der Waals surface area contributed by atoms with E-state index in [2.05, 4.69) is 5.32 Å². The second-order valence-electron chi connectivity index (χ2n) is 7.79. The number of benzene rings is 2. The van der Waals surface area contributed by atoms with E-state index in [0.717, 1.165) is 36.8 Å². The van der Waals surface area contributed by atoms with Crippen molar-refractivity contribution in [1.29, 1.82) is 0 Å². The first-order chi connectivity index (χ1) is 13.6. The summed E-state index contributed by atoms with van der Waals surface area (Å²) in [5.74, 6) is -0.674. The van der Waals surface area contributed by atoms with Crippen LogP contribution in [-0.4, -0.2) is 29.3 Å². The minimum atomic E-state index is -0.370. The van der Waals surface area contributed by atoms with E-state index < -0.39 is 0 Å². The SMILES string of the molecule is O=C(NC(c1ccccc1)c1ccc(F)cc1)C1CC(=O)N(C2CCCC2)C1. The van der Waals surface area contributed by atoms with Gasteiger partial charge in [-0.3, -0.25) is 9.59 Å². The summed E-state index contributed by atoms with van der Waals surface area (Å²) in [5, 5.41) is 3.10. The van der Waals surface area contributed by atoms with Crippen LogP contribution in [0.5, 0.6) is 0 Å². The van der Waals surface area contributed by atoms with Gasteiger partial charge in [0.2, 0.25) is 11.8 Å². The molecule has 5 heteroatoms. The Morgan fingerprint density at radius 1 is 1.00 bits per heavy atom. The van der Waals surface area contributed by atoms with Crippen LogP contribution in [0.1, 0.15) is 49.3 Å². The molecule has 2 aliphatic rings. The second kappa shape index (κ2) is 8.13. The molecule has 1 aliphatic heterocycles. The number of halogens is 1. The summed E-state index contributed by atoms with van der Waals surface area (Å²) in [6.45, 7) is 0.500. The highest BCUT2D eigenvalue weighted by Crippen LogP contribution is 2.30. The first kappa shape index (κ1) is 18.7. The van der Waals surface area contributed by atoms with Crippen LogP contribution in [0.15, 0.2) is 54.6 Å². The van der Waals surface area contributed by atoms with Gasteiger partial charge in [-0.2, -0.15) is 0 Å². The number of hydrogen-bond acceptors (Lipinski definition) is 2. The summed E-state index contributed by atoms with van der Waals surface area (Å²) < 4.78 is 13.4. The van der Waals surface area contributed by atoms with Gasteiger partial charge in [0.05, 0.1) is 12.0 Å². The molecule has 1 aliphatic carbocycles. The lowest BCUT2D eigenvalue weighted by Crippen LogP contribution is -2.38. The first-order valence-electron chi connectivity index (χ1n) is 10.0. The molecule has 2 amide bonds. The van der Waals surface area contributed by atoms with Gasteiger partial charge in [-0.1, -0.05) is 55.3 Å². The van der Waals surface area contributed by atoms with Crippen molar-refractivity contribution in [2.75, 3.05) is 6.54 Å². The Morgan fingerprint density at radius 2 is 1.64 bits per heavy atom. The van der Waals surface area contributed by atoms with Crippen LogP contribution < -0.4 is 5.32 Å². The van der Waals surface area contributed by atoms with Crippen molar-refractivity contribution in [3.8, 4) is 0 Å². The third-order valence-electron chi connectivity index (χ3n) is 5.92. The predicted octanol–water partition coefficient (Wildman–Crippen LogP) is 3.82. The Kier molecular flexibility index (Phi) is 5.42. The van der Waals surface area contributed by atoms with Crippen molar-refractivity contribution in [3.05, 3.63) is 71.5 Å². The van der Waals surface area contributed by atoms with Crippen molar-refractivity contribution in [2.24, 2.45) is 5.92 Å². The highest BCUT2D eigenvalue weighted by Gasteiger charge is 2.39. The molecular weight excluding hydrogens is 355 g/mol. The molecule has 0 radical (unpaired) electrons. The molecule has 2 atom stereocenters. The van der Waals surface area contributed by atoms with Crippen molar-refractivity contribution in [1.82, 2.24) is 10.2 Å².